The zero-order valence-electron chi connectivity index (χ0n) is 14.5. The molecule has 3 rings (SSSR count). The van der Waals surface area contributed by atoms with Crippen molar-refractivity contribution in [2.24, 2.45) is 0 Å². The SMILES string of the molecule is [NH3+]c1ccccc1.[NH3+]c1ccccc1.[O-]B([O-])c1c(F)c(F)c(F)c(F)c1F. The molecule has 0 radical (unpaired) electrons. The van der Waals surface area contributed by atoms with Crippen LogP contribution in [-0.4, -0.2) is 7.12 Å². The van der Waals surface area contributed by atoms with Gasteiger partial charge < -0.3 is 21.5 Å². The Morgan fingerprint density at radius 3 is 1.04 bits per heavy atom. The van der Waals surface area contributed by atoms with E-state index in [4.69, 9.17) is 0 Å². The van der Waals surface area contributed by atoms with Gasteiger partial charge in [-0.3, -0.25) is 0 Å². The van der Waals surface area contributed by atoms with E-state index >= 15 is 0 Å². The molecule has 4 nitrogen and oxygen atoms in total. The highest BCUT2D eigenvalue weighted by Crippen LogP contribution is 2.15. The number of halogens is 5. The maximum absolute atomic E-state index is 12.5. The molecule has 0 aromatic heterocycles. The summed E-state index contributed by atoms with van der Waals surface area (Å²) in [6, 6.07) is 19.7. The van der Waals surface area contributed by atoms with Crippen LogP contribution < -0.4 is 27.0 Å². The fourth-order valence-corrected chi connectivity index (χ4v) is 1.78. The van der Waals surface area contributed by atoms with Gasteiger partial charge in [-0.25, -0.2) is 22.0 Å². The van der Waals surface area contributed by atoms with Crippen LogP contribution in [0.2, 0.25) is 0 Å². The third-order valence-electron chi connectivity index (χ3n) is 3.17. The van der Waals surface area contributed by atoms with Gasteiger partial charge in [0.25, 0.3) is 0 Å². The van der Waals surface area contributed by atoms with Gasteiger partial charge in [0.2, 0.25) is 0 Å². The van der Waals surface area contributed by atoms with Crippen molar-refractivity contribution in [2.45, 2.75) is 0 Å². The van der Waals surface area contributed by atoms with E-state index in [0.717, 1.165) is 11.4 Å². The molecule has 0 bridgehead atoms. The average Bonchev–Trinajstić information content (AvgIpc) is 2.67. The molecule has 0 aliphatic carbocycles. The highest BCUT2D eigenvalue weighted by molar-refractivity contribution is 6.55. The highest BCUT2D eigenvalue weighted by atomic mass is 19.2. The lowest BCUT2D eigenvalue weighted by Gasteiger charge is -2.27. The summed E-state index contributed by atoms with van der Waals surface area (Å²) in [5.41, 5.74) is 7.70. The minimum atomic E-state index is -3.26. The van der Waals surface area contributed by atoms with E-state index in [1.54, 1.807) is 0 Å². The van der Waals surface area contributed by atoms with Crippen LogP contribution in [-0.2, 0) is 0 Å². The Morgan fingerprint density at radius 2 is 0.821 bits per heavy atom. The monoisotopic (exact) mass is 398 g/mol. The van der Waals surface area contributed by atoms with E-state index in [1.807, 2.05) is 60.7 Å². The van der Waals surface area contributed by atoms with Gasteiger partial charge in [-0.2, -0.15) is 0 Å². The topological polar surface area (TPSA) is 101 Å². The van der Waals surface area contributed by atoms with Crippen LogP contribution in [0, 0.1) is 29.1 Å². The fourth-order valence-electron chi connectivity index (χ4n) is 1.78. The summed E-state index contributed by atoms with van der Waals surface area (Å²) in [5, 5.41) is 20.2. The number of hydrogen-bond acceptors (Lipinski definition) is 2. The Bertz CT molecular complexity index is 818. The van der Waals surface area contributed by atoms with E-state index in [0.29, 0.717) is 0 Å². The van der Waals surface area contributed by atoms with Crippen molar-refractivity contribution in [3.05, 3.63) is 89.7 Å². The molecule has 0 spiro atoms. The lowest BCUT2D eigenvalue weighted by Crippen LogP contribution is -2.58. The van der Waals surface area contributed by atoms with Crippen LogP contribution in [0.1, 0.15) is 0 Å². The van der Waals surface area contributed by atoms with Crippen molar-refractivity contribution in [3.8, 4) is 0 Å². The van der Waals surface area contributed by atoms with Gasteiger partial charge in [0.1, 0.15) is 11.4 Å². The highest BCUT2D eigenvalue weighted by Gasteiger charge is 2.23. The summed E-state index contributed by atoms with van der Waals surface area (Å²) in [6.45, 7) is 0. The summed E-state index contributed by atoms with van der Waals surface area (Å²) in [6.07, 6.45) is 0. The number of quaternary nitrogens is 2. The van der Waals surface area contributed by atoms with Gasteiger partial charge in [0.15, 0.2) is 29.1 Å². The quantitative estimate of drug-likeness (QED) is 0.259. The molecule has 0 saturated carbocycles. The van der Waals surface area contributed by atoms with Gasteiger partial charge in [-0.1, -0.05) is 43.5 Å². The molecule has 148 valence electrons. The van der Waals surface area contributed by atoms with Crippen LogP contribution >= 0.6 is 0 Å². The molecule has 10 heteroatoms. The van der Waals surface area contributed by atoms with Crippen LogP contribution in [0.3, 0.4) is 0 Å². The third-order valence-corrected chi connectivity index (χ3v) is 3.17. The van der Waals surface area contributed by atoms with Crippen molar-refractivity contribution in [1.29, 1.82) is 0 Å². The predicted octanol–water partition coefficient (Wildman–Crippen LogP) is -0.0821. The Kier molecular flexibility index (Phi) is 9.26. The molecule has 0 fully saturated rings. The maximum atomic E-state index is 12.5. The number of rotatable bonds is 1. The summed E-state index contributed by atoms with van der Waals surface area (Å²) in [7, 11) is -3.26. The van der Waals surface area contributed by atoms with Gasteiger partial charge in [0, 0.05) is 0 Å². The molecule has 0 aliphatic heterocycles. The van der Waals surface area contributed by atoms with E-state index < -0.39 is 41.7 Å². The fraction of sp³-hybridized carbons (Fsp3) is 0. The van der Waals surface area contributed by atoms with E-state index in [1.165, 1.54) is 0 Å². The molecule has 0 atom stereocenters. The lowest BCUT2D eigenvalue weighted by atomic mass is 9.79. The van der Waals surface area contributed by atoms with Crippen molar-refractivity contribution >= 4 is 24.0 Å². The first kappa shape index (κ1) is 23.3. The van der Waals surface area contributed by atoms with Gasteiger partial charge in [-0.05, 0) is 29.7 Å². The van der Waals surface area contributed by atoms with Crippen molar-refractivity contribution < 1.29 is 43.5 Å². The lowest BCUT2D eigenvalue weighted by molar-refractivity contribution is -0.341. The van der Waals surface area contributed by atoms with Crippen LogP contribution in [0.4, 0.5) is 33.3 Å². The van der Waals surface area contributed by atoms with Gasteiger partial charge in [0.05, 0.1) is 0 Å². The first-order valence-corrected chi connectivity index (χ1v) is 7.73. The predicted molar refractivity (Wildman–Crippen MR) is 89.6 cm³/mol. The first-order chi connectivity index (χ1) is 13.2. The summed E-state index contributed by atoms with van der Waals surface area (Å²) >= 11 is 0. The largest absolute Gasteiger partial charge is 0.889 e. The van der Waals surface area contributed by atoms with Gasteiger partial charge in [-0.15, -0.1) is 0 Å². The Labute approximate surface area is 158 Å². The molecular formula is C18H16BF5N2O2. The summed E-state index contributed by atoms with van der Waals surface area (Å²) < 4.78 is 62.0. The normalized spacial score (nSPS) is 9.61. The first-order valence-electron chi connectivity index (χ1n) is 7.73. The standard InChI is InChI=1S/C6BF5O2.2C6H7N/c8-2-1(7(13)14)3(9)5(11)6(12)4(2)10;2*7-6-4-2-1-3-5-6/h;2*1-5H,7H2/q-2;;/p+2. The Balaban J connectivity index is 0.000000233. The Morgan fingerprint density at radius 1 is 0.536 bits per heavy atom. The van der Waals surface area contributed by atoms with E-state index in [9.17, 15) is 32.0 Å². The van der Waals surface area contributed by atoms with Crippen LogP contribution in [0.25, 0.3) is 0 Å². The van der Waals surface area contributed by atoms with Crippen LogP contribution in [0.5, 0.6) is 0 Å². The third kappa shape index (κ3) is 6.74. The van der Waals surface area contributed by atoms with E-state index in [2.05, 4.69) is 11.5 Å². The zero-order valence-corrected chi connectivity index (χ0v) is 14.5. The summed E-state index contributed by atoms with van der Waals surface area (Å²) in [5.74, 6) is -11.7. The second kappa shape index (κ2) is 11.1. The van der Waals surface area contributed by atoms with Crippen molar-refractivity contribution in [3.63, 3.8) is 0 Å². The molecule has 0 heterocycles. The molecule has 0 amide bonds. The Hall–Kier alpha value is -2.79. The smallest absolute Gasteiger partial charge is 0.200 e. The molecule has 0 aliphatic rings. The second-order valence-electron chi connectivity index (χ2n) is 5.29. The number of hydrogen-bond donors (Lipinski definition) is 2. The molecule has 3 aromatic rings. The average molecular weight is 398 g/mol. The minimum absolute atomic E-state index is 1.07. The second-order valence-corrected chi connectivity index (χ2v) is 5.29. The zero-order chi connectivity index (χ0) is 21.3. The molecule has 0 saturated heterocycles. The van der Waals surface area contributed by atoms with Crippen molar-refractivity contribution in [2.75, 3.05) is 0 Å². The molecule has 0 unspecified atom stereocenters. The maximum Gasteiger partial charge on any atom is 0.200 e. The molecule has 28 heavy (non-hydrogen) atoms. The molecular weight excluding hydrogens is 382 g/mol. The number of benzene rings is 3. The van der Waals surface area contributed by atoms with Crippen molar-refractivity contribution in [1.82, 2.24) is 0 Å². The van der Waals surface area contributed by atoms with Crippen LogP contribution in [0.15, 0.2) is 60.7 Å². The minimum Gasteiger partial charge on any atom is -0.889 e. The van der Waals surface area contributed by atoms with E-state index in [-0.39, 0.29) is 0 Å². The summed E-state index contributed by atoms with van der Waals surface area (Å²) in [4.78, 5) is 0. The molecule has 6 N–H and O–H groups in total. The van der Waals surface area contributed by atoms with Gasteiger partial charge >= 0.3 is 0 Å². The molecule has 3 aromatic carbocycles.